The van der Waals surface area contributed by atoms with Crippen molar-refractivity contribution in [2.45, 2.75) is 49.7 Å². The molecule has 5 aliphatic rings. The highest BCUT2D eigenvalue weighted by Crippen LogP contribution is 2.42. The van der Waals surface area contributed by atoms with Gasteiger partial charge in [-0.05, 0) is 18.1 Å². The van der Waals surface area contributed by atoms with Crippen molar-refractivity contribution in [3.05, 3.63) is 34.6 Å². The van der Waals surface area contributed by atoms with Crippen LogP contribution in [0.4, 0.5) is 8.78 Å². The minimum atomic E-state index is -1.24. The van der Waals surface area contributed by atoms with E-state index in [9.17, 15) is 19.0 Å². The van der Waals surface area contributed by atoms with Crippen LogP contribution in [0.5, 0.6) is 0 Å². The van der Waals surface area contributed by atoms with Gasteiger partial charge in [0.1, 0.15) is 42.7 Å². The van der Waals surface area contributed by atoms with Gasteiger partial charge in [0.05, 0.1) is 12.3 Å². The highest BCUT2D eigenvalue weighted by molar-refractivity contribution is 5.48. The van der Waals surface area contributed by atoms with Gasteiger partial charge in [0.2, 0.25) is 0 Å². The Kier molecular flexibility index (Phi) is 4.55. The Hall–Kier alpha value is -1.40. The van der Waals surface area contributed by atoms with Crippen molar-refractivity contribution in [2.24, 2.45) is 11.7 Å². The lowest BCUT2D eigenvalue weighted by atomic mass is 9.95. The van der Waals surface area contributed by atoms with E-state index in [2.05, 4.69) is 10.6 Å². The largest absolute Gasteiger partial charge is 0.490 e. The molecule has 1 aliphatic carbocycles. The molecule has 0 amide bonds. The lowest BCUT2D eigenvalue weighted by molar-refractivity contribution is -0.106. The monoisotopic (exact) mass is 398 g/mol. The topological polar surface area (TPSA) is 112 Å². The third kappa shape index (κ3) is 2.75. The van der Waals surface area contributed by atoms with Gasteiger partial charge in [-0.15, -0.1) is 0 Å². The molecule has 3 fully saturated rings. The summed E-state index contributed by atoms with van der Waals surface area (Å²) in [5.74, 6) is -1.35. The molecule has 0 aromatic carbocycles. The molecule has 4 heterocycles. The Bertz CT molecular complexity index is 773. The number of aliphatic hydroxyl groups excluding tert-OH is 2. The Morgan fingerprint density at radius 1 is 1.21 bits per heavy atom. The highest BCUT2D eigenvalue weighted by atomic mass is 19.2. The lowest BCUT2D eigenvalue weighted by Gasteiger charge is -2.39. The maximum atomic E-state index is 13.8. The molecule has 0 aromatic heterocycles. The zero-order chi connectivity index (χ0) is 19.6. The predicted octanol–water partition coefficient (Wildman–Crippen LogP) is -0.719. The van der Waals surface area contributed by atoms with Gasteiger partial charge in [-0.1, -0.05) is 0 Å². The molecule has 154 valence electrons. The van der Waals surface area contributed by atoms with Crippen molar-refractivity contribution in [1.82, 2.24) is 15.5 Å². The SMILES string of the molecule is NC1NCNC2C1CCN2[C@@H]1O[C@H](C2=C3CC(F)=C(F)C=C3CO2)[C@@H](O)[C@H]1O. The van der Waals surface area contributed by atoms with Crippen LogP contribution in [0.2, 0.25) is 0 Å². The van der Waals surface area contributed by atoms with Gasteiger partial charge in [-0.3, -0.25) is 15.5 Å². The number of rotatable bonds is 2. The molecule has 4 aliphatic heterocycles. The maximum Gasteiger partial charge on any atom is 0.155 e. The minimum Gasteiger partial charge on any atom is -0.490 e. The number of likely N-dealkylation sites (tertiary alicyclic amines) is 1. The Morgan fingerprint density at radius 3 is 2.86 bits per heavy atom. The Labute approximate surface area is 160 Å². The van der Waals surface area contributed by atoms with E-state index in [4.69, 9.17) is 15.2 Å². The first-order valence-electron chi connectivity index (χ1n) is 9.56. The summed E-state index contributed by atoms with van der Waals surface area (Å²) >= 11 is 0. The van der Waals surface area contributed by atoms with Crippen molar-refractivity contribution in [1.29, 1.82) is 0 Å². The third-order valence-corrected chi connectivity index (χ3v) is 6.38. The molecule has 0 radical (unpaired) electrons. The number of nitrogens with zero attached hydrogens (tertiary/aromatic N) is 1. The summed E-state index contributed by atoms with van der Waals surface area (Å²) < 4.78 is 38.9. The van der Waals surface area contributed by atoms with Gasteiger partial charge in [0.25, 0.3) is 0 Å². The summed E-state index contributed by atoms with van der Waals surface area (Å²) in [6, 6.07) is 0. The number of nitrogens with one attached hydrogen (secondary N) is 2. The number of fused-ring (bicyclic) bond motifs is 2. The summed E-state index contributed by atoms with van der Waals surface area (Å²) in [5.41, 5.74) is 7.15. The second-order valence-electron chi connectivity index (χ2n) is 7.91. The zero-order valence-corrected chi connectivity index (χ0v) is 15.1. The molecule has 0 bridgehead atoms. The van der Waals surface area contributed by atoms with Gasteiger partial charge in [0, 0.05) is 31.1 Å². The number of ether oxygens (including phenoxy) is 2. The van der Waals surface area contributed by atoms with Crippen LogP contribution in [-0.2, 0) is 9.47 Å². The fraction of sp³-hybridized carbons (Fsp3) is 0.667. The standard InChI is InChI=1S/C18H24F2N4O4/c19-10-3-7-5-27-14(9(7)4-11(10)20)15-12(25)13(26)18(28-15)24-2-1-8-16(21)22-6-23-17(8)24/h3,8,12-13,15-18,22-23,25-26H,1-2,4-6,21H2/t8?,12-,13+,15-,16?,17?,18+/m0/s1. The summed E-state index contributed by atoms with van der Waals surface area (Å²) in [4.78, 5) is 1.97. The van der Waals surface area contributed by atoms with Gasteiger partial charge in [-0.25, -0.2) is 8.78 Å². The van der Waals surface area contributed by atoms with Crippen LogP contribution in [0, 0.1) is 5.92 Å². The molecule has 5 rings (SSSR count). The quantitative estimate of drug-likeness (QED) is 0.415. The molecule has 0 saturated carbocycles. The fourth-order valence-corrected chi connectivity index (χ4v) is 4.90. The summed E-state index contributed by atoms with van der Waals surface area (Å²) in [7, 11) is 0. The number of allylic oxidation sites excluding steroid dienone is 3. The first kappa shape index (κ1) is 18.6. The van der Waals surface area contributed by atoms with Crippen LogP contribution in [0.25, 0.3) is 0 Å². The van der Waals surface area contributed by atoms with E-state index in [1.807, 2.05) is 4.90 Å². The second-order valence-corrected chi connectivity index (χ2v) is 7.91. The van der Waals surface area contributed by atoms with Gasteiger partial charge in [-0.2, -0.15) is 0 Å². The van der Waals surface area contributed by atoms with Crippen LogP contribution >= 0.6 is 0 Å². The summed E-state index contributed by atoms with van der Waals surface area (Å²) in [6.45, 7) is 1.28. The number of hydrogen-bond donors (Lipinski definition) is 5. The zero-order valence-electron chi connectivity index (χ0n) is 15.1. The summed E-state index contributed by atoms with van der Waals surface area (Å²) in [6.07, 6.45) is -2.63. The van der Waals surface area contributed by atoms with Crippen LogP contribution in [0.3, 0.4) is 0 Å². The first-order valence-corrected chi connectivity index (χ1v) is 9.56. The molecule has 6 N–H and O–H groups in total. The normalized spacial score (nSPS) is 43.9. The van der Waals surface area contributed by atoms with E-state index >= 15 is 0 Å². The van der Waals surface area contributed by atoms with Crippen molar-refractivity contribution in [3.8, 4) is 0 Å². The summed E-state index contributed by atoms with van der Waals surface area (Å²) in [5, 5.41) is 27.8. The Morgan fingerprint density at radius 2 is 2.04 bits per heavy atom. The van der Waals surface area contributed by atoms with Crippen molar-refractivity contribution < 1.29 is 28.5 Å². The van der Waals surface area contributed by atoms with Crippen LogP contribution in [0.15, 0.2) is 34.6 Å². The molecule has 7 atom stereocenters. The molecule has 3 saturated heterocycles. The average molecular weight is 398 g/mol. The minimum absolute atomic E-state index is 0.0800. The van der Waals surface area contributed by atoms with Gasteiger partial charge in [0.15, 0.2) is 5.83 Å². The van der Waals surface area contributed by atoms with E-state index in [0.717, 1.165) is 12.5 Å². The second kappa shape index (κ2) is 6.84. The number of halogens is 2. The van der Waals surface area contributed by atoms with Gasteiger partial charge < -0.3 is 25.4 Å². The number of hydrogen-bond acceptors (Lipinski definition) is 8. The molecule has 3 unspecified atom stereocenters. The van der Waals surface area contributed by atoms with E-state index in [1.165, 1.54) is 0 Å². The van der Waals surface area contributed by atoms with E-state index in [1.54, 1.807) is 0 Å². The van der Waals surface area contributed by atoms with E-state index in [0.29, 0.717) is 24.4 Å². The smallest absolute Gasteiger partial charge is 0.155 e. The van der Waals surface area contributed by atoms with E-state index in [-0.39, 0.29) is 37.0 Å². The Balaban J connectivity index is 1.39. The van der Waals surface area contributed by atoms with Crippen LogP contribution < -0.4 is 16.4 Å². The number of aliphatic hydroxyl groups is 2. The molecular weight excluding hydrogens is 374 g/mol. The fourth-order valence-electron chi connectivity index (χ4n) is 4.90. The lowest BCUT2D eigenvalue weighted by Crippen LogP contribution is -2.64. The molecule has 0 spiro atoms. The third-order valence-electron chi connectivity index (χ3n) is 6.38. The highest BCUT2D eigenvalue weighted by Gasteiger charge is 2.53. The number of nitrogens with two attached hydrogens (primary N) is 1. The maximum absolute atomic E-state index is 13.8. The molecule has 10 heteroatoms. The first-order chi connectivity index (χ1) is 13.5. The van der Waals surface area contributed by atoms with Gasteiger partial charge >= 0.3 is 0 Å². The molecular formula is C18H24F2N4O4. The van der Waals surface area contributed by atoms with Crippen LogP contribution in [0.1, 0.15) is 12.8 Å². The van der Waals surface area contributed by atoms with Crippen LogP contribution in [-0.4, -0.2) is 71.8 Å². The van der Waals surface area contributed by atoms with Crippen molar-refractivity contribution in [2.75, 3.05) is 19.8 Å². The molecule has 8 nitrogen and oxygen atoms in total. The van der Waals surface area contributed by atoms with E-state index < -0.39 is 36.2 Å². The van der Waals surface area contributed by atoms with Crippen molar-refractivity contribution >= 4 is 0 Å². The average Bonchev–Trinajstić information content (AvgIpc) is 3.34. The van der Waals surface area contributed by atoms with Crippen molar-refractivity contribution in [3.63, 3.8) is 0 Å². The predicted molar refractivity (Wildman–Crippen MR) is 93.3 cm³/mol. The molecule has 0 aromatic rings. The molecule has 28 heavy (non-hydrogen) atoms.